The normalized spacial score (nSPS) is 11.0. The third-order valence-electron chi connectivity index (χ3n) is 4.70. The topological polar surface area (TPSA) is 70.7 Å². The molecule has 0 saturated heterocycles. The fourth-order valence-corrected chi connectivity index (χ4v) is 4.69. The summed E-state index contributed by atoms with van der Waals surface area (Å²) in [6.45, 7) is 0. The van der Waals surface area contributed by atoms with E-state index in [0.717, 1.165) is 43.7 Å². The standard InChI is InChI=1S/C24H18N4OS2/c29-22(15-31-24-27-19-8-4-5-9-20(19)28-24)25-18-12-10-16(11-13-18)21-14-30-23(26-21)17-6-2-1-3-7-17/h1-14H,15H2,(H,25,29)(H,27,28). The number of amides is 1. The molecule has 0 fully saturated rings. The average Bonchev–Trinajstić information content (AvgIpc) is 3.46. The van der Waals surface area contributed by atoms with Crippen LogP contribution in [0.25, 0.3) is 32.9 Å². The van der Waals surface area contributed by atoms with Crippen LogP contribution in [-0.4, -0.2) is 26.6 Å². The predicted molar refractivity (Wildman–Crippen MR) is 128 cm³/mol. The predicted octanol–water partition coefficient (Wildman–Crippen LogP) is 6.08. The van der Waals surface area contributed by atoms with Crippen LogP contribution < -0.4 is 5.32 Å². The number of nitrogens with zero attached hydrogens (tertiary/aromatic N) is 2. The first-order chi connectivity index (χ1) is 15.2. The summed E-state index contributed by atoms with van der Waals surface area (Å²) in [5, 5.41) is 6.73. The Bertz CT molecular complexity index is 1290. The number of thioether (sulfide) groups is 1. The van der Waals surface area contributed by atoms with Gasteiger partial charge in [0.25, 0.3) is 0 Å². The van der Waals surface area contributed by atoms with Gasteiger partial charge in [0.05, 0.1) is 22.5 Å². The van der Waals surface area contributed by atoms with Crippen molar-refractivity contribution in [2.45, 2.75) is 5.16 Å². The molecule has 0 aliphatic rings. The van der Waals surface area contributed by atoms with Crippen molar-refractivity contribution < 1.29 is 4.79 Å². The highest BCUT2D eigenvalue weighted by molar-refractivity contribution is 7.99. The monoisotopic (exact) mass is 442 g/mol. The molecule has 5 aromatic rings. The Labute approximate surface area is 187 Å². The van der Waals surface area contributed by atoms with Gasteiger partial charge in [0.15, 0.2) is 5.16 Å². The molecule has 2 N–H and O–H groups in total. The minimum absolute atomic E-state index is 0.0711. The van der Waals surface area contributed by atoms with Gasteiger partial charge in [-0.1, -0.05) is 66.4 Å². The maximum absolute atomic E-state index is 12.3. The fraction of sp³-hybridized carbons (Fsp3) is 0.0417. The minimum Gasteiger partial charge on any atom is -0.333 e. The molecule has 0 atom stereocenters. The van der Waals surface area contributed by atoms with Gasteiger partial charge in [-0.05, 0) is 24.3 Å². The van der Waals surface area contributed by atoms with Crippen molar-refractivity contribution in [1.82, 2.24) is 15.0 Å². The molecule has 0 aliphatic heterocycles. The van der Waals surface area contributed by atoms with E-state index >= 15 is 0 Å². The lowest BCUT2D eigenvalue weighted by molar-refractivity contribution is -0.113. The van der Waals surface area contributed by atoms with Crippen molar-refractivity contribution in [3.8, 4) is 21.8 Å². The molecule has 152 valence electrons. The van der Waals surface area contributed by atoms with Gasteiger partial charge in [-0.3, -0.25) is 4.79 Å². The number of aromatic nitrogens is 3. The second-order valence-corrected chi connectivity index (χ2v) is 8.70. The largest absolute Gasteiger partial charge is 0.333 e. The van der Waals surface area contributed by atoms with Gasteiger partial charge >= 0.3 is 0 Å². The van der Waals surface area contributed by atoms with E-state index in [4.69, 9.17) is 4.98 Å². The van der Waals surface area contributed by atoms with Crippen LogP contribution in [0.2, 0.25) is 0 Å². The summed E-state index contributed by atoms with van der Waals surface area (Å²) in [5.74, 6) is 0.215. The molecule has 0 saturated carbocycles. The maximum Gasteiger partial charge on any atom is 0.234 e. The summed E-state index contributed by atoms with van der Waals surface area (Å²) < 4.78 is 0. The van der Waals surface area contributed by atoms with Crippen LogP contribution >= 0.6 is 23.1 Å². The van der Waals surface area contributed by atoms with Crippen LogP contribution in [0, 0.1) is 0 Å². The van der Waals surface area contributed by atoms with E-state index in [9.17, 15) is 4.79 Å². The zero-order valence-electron chi connectivity index (χ0n) is 16.4. The number of thiazole rings is 1. The lowest BCUT2D eigenvalue weighted by Crippen LogP contribution is -2.14. The molecule has 0 spiro atoms. The second kappa shape index (κ2) is 8.75. The molecule has 0 aliphatic carbocycles. The lowest BCUT2D eigenvalue weighted by atomic mass is 10.1. The third kappa shape index (κ3) is 4.52. The van der Waals surface area contributed by atoms with Crippen LogP contribution in [-0.2, 0) is 4.79 Å². The number of aromatic amines is 1. The van der Waals surface area contributed by atoms with Gasteiger partial charge in [-0.2, -0.15) is 0 Å². The van der Waals surface area contributed by atoms with Gasteiger partial charge in [-0.15, -0.1) is 11.3 Å². The number of para-hydroxylation sites is 2. The smallest absolute Gasteiger partial charge is 0.234 e. The van der Waals surface area contributed by atoms with Crippen molar-refractivity contribution in [2.24, 2.45) is 0 Å². The number of hydrogen-bond acceptors (Lipinski definition) is 5. The average molecular weight is 443 g/mol. The Morgan fingerprint density at radius 1 is 0.903 bits per heavy atom. The van der Waals surface area contributed by atoms with Crippen LogP contribution in [0.4, 0.5) is 5.69 Å². The number of fused-ring (bicyclic) bond motifs is 1. The molecule has 3 aromatic carbocycles. The zero-order valence-corrected chi connectivity index (χ0v) is 18.0. The number of rotatable bonds is 6. The summed E-state index contributed by atoms with van der Waals surface area (Å²) in [6, 6.07) is 25.7. The molecule has 1 amide bonds. The van der Waals surface area contributed by atoms with Crippen molar-refractivity contribution >= 4 is 45.7 Å². The molecule has 0 bridgehead atoms. The van der Waals surface area contributed by atoms with Crippen LogP contribution in [0.1, 0.15) is 0 Å². The number of imidazole rings is 1. The Balaban J connectivity index is 1.20. The summed E-state index contributed by atoms with van der Waals surface area (Å²) >= 11 is 3.01. The van der Waals surface area contributed by atoms with E-state index in [-0.39, 0.29) is 11.7 Å². The quantitative estimate of drug-likeness (QED) is 0.313. The number of carbonyl (C=O) groups is 1. The number of H-pyrrole nitrogens is 1. The highest BCUT2D eigenvalue weighted by atomic mass is 32.2. The van der Waals surface area contributed by atoms with Crippen molar-refractivity contribution in [3.05, 3.63) is 84.2 Å². The first kappa shape index (κ1) is 19.5. The molecule has 0 radical (unpaired) electrons. The van der Waals surface area contributed by atoms with E-state index < -0.39 is 0 Å². The van der Waals surface area contributed by atoms with E-state index in [2.05, 4.69) is 32.8 Å². The highest BCUT2D eigenvalue weighted by Gasteiger charge is 2.09. The van der Waals surface area contributed by atoms with Crippen molar-refractivity contribution in [1.29, 1.82) is 0 Å². The van der Waals surface area contributed by atoms with Gasteiger partial charge in [-0.25, -0.2) is 9.97 Å². The van der Waals surface area contributed by atoms with E-state index in [1.165, 1.54) is 11.8 Å². The Kier molecular flexibility index (Phi) is 5.52. The summed E-state index contributed by atoms with van der Waals surface area (Å²) in [5.41, 5.74) is 5.70. The van der Waals surface area contributed by atoms with Crippen molar-refractivity contribution in [3.63, 3.8) is 0 Å². The van der Waals surface area contributed by atoms with E-state index in [0.29, 0.717) is 0 Å². The van der Waals surface area contributed by atoms with Crippen molar-refractivity contribution in [2.75, 3.05) is 11.1 Å². The zero-order chi connectivity index (χ0) is 21.0. The Hall–Kier alpha value is -3.42. The summed E-state index contributed by atoms with van der Waals surface area (Å²) in [4.78, 5) is 24.8. The molecule has 5 rings (SSSR count). The number of anilines is 1. The number of benzene rings is 3. The van der Waals surface area contributed by atoms with Crippen LogP contribution in [0.15, 0.2) is 89.4 Å². The first-order valence-corrected chi connectivity index (χ1v) is 11.6. The first-order valence-electron chi connectivity index (χ1n) is 9.73. The molecular weight excluding hydrogens is 424 g/mol. The minimum atomic E-state index is -0.0711. The third-order valence-corrected chi connectivity index (χ3v) is 6.46. The van der Waals surface area contributed by atoms with Gasteiger partial charge < -0.3 is 10.3 Å². The molecule has 2 aromatic heterocycles. The molecule has 0 unspecified atom stereocenters. The summed E-state index contributed by atoms with van der Waals surface area (Å²) in [6.07, 6.45) is 0. The van der Waals surface area contributed by atoms with Crippen LogP contribution in [0.5, 0.6) is 0 Å². The molecule has 31 heavy (non-hydrogen) atoms. The SMILES string of the molecule is O=C(CSc1nc2ccccc2[nH]1)Nc1ccc(-c2csc(-c3ccccc3)n2)cc1. The number of nitrogens with one attached hydrogen (secondary N) is 2. The fourth-order valence-electron chi connectivity index (χ4n) is 3.17. The molecule has 2 heterocycles. The second-order valence-electron chi connectivity index (χ2n) is 6.88. The van der Waals surface area contributed by atoms with E-state index in [1.54, 1.807) is 11.3 Å². The highest BCUT2D eigenvalue weighted by Crippen LogP contribution is 2.29. The Morgan fingerprint density at radius 3 is 2.48 bits per heavy atom. The summed E-state index contributed by atoms with van der Waals surface area (Å²) in [7, 11) is 0. The maximum atomic E-state index is 12.3. The molecule has 5 nitrogen and oxygen atoms in total. The number of hydrogen-bond donors (Lipinski definition) is 2. The number of carbonyl (C=O) groups excluding carboxylic acids is 1. The Morgan fingerprint density at radius 2 is 1.68 bits per heavy atom. The molecular formula is C24H18N4OS2. The van der Waals surface area contributed by atoms with Gasteiger partial charge in [0, 0.05) is 22.2 Å². The van der Waals surface area contributed by atoms with Gasteiger partial charge in [0.2, 0.25) is 5.91 Å². The molecule has 7 heteroatoms. The van der Waals surface area contributed by atoms with E-state index in [1.807, 2.05) is 66.7 Å². The van der Waals surface area contributed by atoms with Gasteiger partial charge in [0.1, 0.15) is 5.01 Å². The van der Waals surface area contributed by atoms with Crippen LogP contribution in [0.3, 0.4) is 0 Å². The lowest BCUT2D eigenvalue weighted by Gasteiger charge is -2.05.